The maximum atomic E-state index is 14.6. The van der Waals surface area contributed by atoms with Gasteiger partial charge in [-0.15, -0.1) is 0 Å². The van der Waals surface area contributed by atoms with Crippen molar-refractivity contribution in [3.63, 3.8) is 0 Å². The maximum Gasteiger partial charge on any atom is 0.251 e. The number of rotatable bonds is 8. The van der Waals surface area contributed by atoms with Crippen molar-refractivity contribution in [2.24, 2.45) is 0 Å². The van der Waals surface area contributed by atoms with Crippen LogP contribution in [0.25, 0.3) is 22.0 Å². The molecule has 5 aromatic rings. The van der Waals surface area contributed by atoms with Crippen molar-refractivity contribution < 1.29 is 22.8 Å². The largest absolute Gasteiger partial charge is 0.361 e. The van der Waals surface area contributed by atoms with Crippen molar-refractivity contribution in [2.45, 2.75) is 25.8 Å². The minimum atomic E-state index is -0.742. The normalized spacial score (nSPS) is 11.8. The van der Waals surface area contributed by atoms with Crippen LogP contribution in [0.15, 0.2) is 79.1 Å². The molecule has 3 N–H and O–H groups in total. The number of amides is 2. The first-order chi connectivity index (χ1) is 19.7. The number of carbonyl (C=O) groups excluding carboxylic acids is 2. The summed E-state index contributed by atoms with van der Waals surface area (Å²) in [6.07, 6.45) is 3.35. The Morgan fingerprint density at radius 2 is 1.76 bits per heavy atom. The number of halogens is 3. The summed E-state index contributed by atoms with van der Waals surface area (Å²) in [5.74, 6) is -2.25. The first-order valence-corrected chi connectivity index (χ1v) is 13.0. The van der Waals surface area contributed by atoms with Gasteiger partial charge in [0.2, 0.25) is 5.91 Å². The van der Waals surface area contributed by atoms with E-state index >= 15 is 0 Å². The van der Waals surface area contributed by atoms with Gasteiger partial charge < -0.3 is 15.6 Å². The highest BCUT2D eigenvalue weighted by molar-refractivity contribution is 5.95. The number of carbonyl (C=O) groups is 2. The third-order valence-electron chi connectivity index (χ3n) is 6.82. The van der Waals surface area contributed by atoms with Crippen molar-refractivity contribution in [3.8, 4) is 11.1 Å². The van der Waals surface area contributed by atoms with Crippen LogP contribution < -0.4 is 10.6 Å². The number of hydrogen-bond donors (Lipinski definition) is 3. The van der Waals surface area contributed by atoms with Gasteiger partial charge in [0.25, 0.3) is 5.91 Å². The lowest BCUT2D eigenvalue weighted by molar-refractivity contribution is -0.121. The van der Waals surface area contributed by atoms with Crippen LogP contribution in [0.3, 0.4) is 0 Å². The molecule has 2 heterocycles. The summed E-state index contributed by atoms with van der Waals surface area (Å²) in [6, 6.07) is 15.6. The number of hydrogen-bond acceptors (Lipinski definition) is 3. The molecule has 9 heteroatoms. The van der Waals surface area contributed by atoms with Gasteiger partial charge in [0, 0.05) is 41.5 Å². The van der Waals surface area contributed by atoms with E-state index in [1.807, 2.05) is 6.07 Å². The lowest BCUT2D eigenvalue weighted by Gasteiger charge is -2.22. The molecule has 6 nitrogen and oxygen atoms in total. The number of aryl methyl sites for hydroxylation is 1. The second-order valence-electron chi connectivity index (χ2n) is 9.89. The molecule has 0 bridgehead atoms. The molecule has 0 saturated carbocycles. The smallest absolute Gasteiger partial charge is 0.251 e. The summed E-state index contributed by atoms with van der Waals surface area (Å²) >= 11 is 0. The van der Waals surface area contributed by atoms with E-state index < -0.39 is 29.4 Å². The van der Waals surface area contributed by atoms with Crippen LogP contribution in [0.2, 0.25) is 0 Å². The zero-order valence-electron chi connectivity index (χ0n) is 22.4. The third-order valence-corrected chi connectivity index (χ3v) is 6.82. The summed E-state index contributed by atoms with van der Waals surface area (Å²) in [7, 11) is 1.46. The lowest BCUT2D eigenvalue weighted by Crippen LogP contribution is -2.32. The molecule has 1 atom stereocenters. The number of pyridine rings is 1. The quantitative estimate of drug-likeness (QED) is 0.221. The minimum Gasteiger partial charge on any atom is -0.361 e. The van der Waals surface area contributed by atoms with E-state index in [9.17, 15) is 22.8 Å². The van der Waals surface area contributed by atoms with Gasteiger partial charge in [0.15, 0.2) is 0 Å². The number of fused-ring (bicyclic) bond motifs is 1. The van der Waals surface area contributed by atoms with Crippen LogP contribution in [0, 0.1) is 24.4 Å². The van der Waals surface area contributed by atoms with Crippen molar-refractivity contribution in [2.75, 3.05) is 7.05 Å². The van der Waals surface area contributed by atoms with Crippen LogP contribution in [-0.4, -0.2) is 28.8 Å². The Labute approximate surface area is 234 Å². The molecule has 0 aliphatic carbocycles. The standard InChI is InChI=1S/C32H27F3N4O2/c1-18-8-19(10-24(34)9-18)11-29(39-30(40)15-22-17-38-28-6-5-23(33)16-27(22)28)31-26(4-3-7-37-31)20-12-21(32(41)36-2)14-25(35)13-20/h3-10,12-14,16-17,29,38H,11,15H2,1-2H3,(H,36,41)(H,39,40)/t29-/m0/s1. The minimum absolute atomic E-state index is 0.0505. The molecule has 41 heavy (non-hydrogen) atoms. The zero-order chi connectivity index (χ0) is 29.1. The number of aromatic amines is 1. The Morgan fingerprint density at radius 3 is 2.54 bits per heavy atom. The SMILES string of the molecule is CNC(=O)c1cc(F)cc(-c2cccnc2[C@H](Cc2cc(C)cc(F)c2)NC(=O)Cc2c[nH]c3ccc(F)cc23)c1. The molecule has 5 rings (SSSR count). The molecule has 0 unspecified atom stereocenters. The molecule has 2 amide bonds. The van der Waals surface area contributed by atoms with Gasteiger partial charge in [-0.2, -0.15) is 0 Å². The van der Waals surface area contributed by atoms with Gasteiger partial charge in [-0.05, 0) is 90.2 Å². The molecule has 2 aromatic heterocycles. The van der Waals surface area contributed by atoms with Crippen LogP contribution in [-0.2, 0) is 17.6 Å². The van der Waals surface area contributed by atoms with E-state index in [-0.39, 0.29) is 24.3 Å². The molecule has 0 saturated heterocycles. The van der Waals surface area contributed by atoms with Gasteiger partial charge in [-0.1, -0.05) is 12.1 Å². The van der Waals surface area contributed by atoms with Gasteiger partial charge in [0.05, 0.1) is 18.2 Å². The molecule has 3 aromatic carbocycles. The fraction of sp³-hybridized carbons (Fsp3) is 0.156. The van der Waals surface area contributed by atoms with Crippen LogP contribution in [0.5, 0.6) is 0 Å². The average molecular weight is 557 g/mol. The number of H-pyrrole nitrogens is 1. The van der Waals surface area contributed by atoms with Gasteiger partial charge in [0.1, 0.15) is 17.5 Å². The van der Waals surface area contributed by atoms with E-state index in [0.29, 0.717) is 44.4 Å². The van der Waals surface area contributed by atoms with Crippen molar-refractivity contribution in [1.29, 1.82) is 0 Å². The van der Waals surface area contributed by atoms with Crippen molar-refractivity contribution in [3.05, 3.63) is 125 Å². The van der Waals surface area contributed by atoms with E-state index in [2.05, 4.69) is 20.6 Å². The van der Waals surface area contributed by atoms with E-state index in [1.54, 1.807) is 43.6 Å². The fourth-order valence-corrected chi connectivity index (χ4v) is 5.06. The molecule has 0 fully saturated rings. The second kappa shape index (κ2) is 11.7. The highest BCUT2D eigenvalue weighted by atomic mass is 19.1. The predicted molar refractivity (Wildman–Crippen MR) is 151 cm³/mol. The van der Waals surface area contributed by atoms with E-state index in [0.717, 1.165) is 6.07 Å². The Morgan fingerprint density at radius 1 is 0.951 bits per heavy atom. The van der Waals surface area contributed by atoms with Crippen molar-refractivity contribution in [1.82, 2.24) is 20.6 Å². The van der Waals surface area contributed by atoms with Crippen LogP contribution >= 0.6 is 0 Å². The monoisotopic (exact) mass is 556 g/mol. The van der Waals surface area contributed by atoms with Crippen LogP contribution in [0.1, 0.15) is 38.8 Å². The molecule has 0 spiro atoms. The molecule has 0 radical (unpaired) electrons. The first kappa shape index (κ1) is 27.6. The highest BCUT2D eigenvalue weighted by Crippen LogP contribution is 2.31. The Bertz CT molecular complexity index is 1750. The summed E-state index contributed by atoms with van der Waals surface area (Å²) in [6.45, 7) is 1.77. The lowest BCUT2D eigenvalue weighted by atomic mass is 9.93. The van der Waals surface area contributed by atoms with E-state index in [4.69, 9.17) is 0 Å². The summed E-state index contributed by atoms with van der Waals surface area (Å²) in [4.78, 5) is 33.3. The second-order valence-corrected chi connectivity index (χ2v) is 9.89. The Hall–Kier alpha value is -4.92. The number of aromatic nitrogens is 2. The molecular weight excluding hydrogens is 529 g/mol. The predicted octanol–water partition coefficient (Wildman–Crippen LogP) is 5.96. The number of nitrogens with one attached hydrogen (secondary N) is 3. The zero-order valence-corrected chi connectivity index (χ0v) is 22.4. The van der Waals surface area contributed by atoms with Crippen molar-refractivity contribution >= 4 is 22.7 Å². The topological polar surface area (TPSA) is 86.9 Å². The fourth-order valence-electron chi connectivity index (χ4n) is 5.06. The highest BCUT2D eigenvalue weighted by Gasteiger charge is 2.23. The third kappa shape index (κ3) is 6.30. The maximum absolute atomic E-state index is 14.6. The van der Waals surface area contributed by atoms with Gasteiger partial charge in [-0.3, -0.25) is 14.6 Å². The summed E-state index contributed by atoms with van der Waals surface area (Å²) in [5.41, 5.74) is 4.10. The molecule has 0 aliphatic rings. The summed E-state index contributed by atoms with van der Waals surface area (Å²) in [5, 5.41) is 6.09. The molecule has 208 valence electrons. The number of benzene rings is 3. The average Bonchev–Trinajstić information content (AvgIpc) is 3.32. The van der Waals surface area contributed by atoms with Gasteiger partial charge in [-0.25, -0.2) is 13.2 Å². The Balaban J connectivity index is 1.54. The number of nitrogens with zero attached hydrogens (tertiary/aromatic N) is 1. The van der Waals surface area contributed by atoms with Crippen LogP contribution in [0.4, 0.5) is 13.2 Å². The summed E-state index contributed by atoms with van der Waals surface area (Å²) < 4.78 is 42.8. The molecule has 0 aliphatic heterocycles. The van der Waals surface area contributed by atoms with E-state index in [1.165, 1.54) is 37.4 Å². The first-order valence-electron chi connectivity index (χ1n) is 13.0. The Kier molecular flexibility index (Phi) is 7.87. The molecular formula is C32H27F3N4O2. The van der Waals surface area contributed by atoms with Gasteiger partial charge >= 0.3 is 0 Å².